The van der Waals surface area contributed by atoms with Gasteiger partial charge in [-0.3, -0.25) is 4.79 Å². The van der Waals surface area contributed by atoms with Gasteiger partial charge in [-0.05, 0) is 49.4 Å². The zero-order valence-corrected chi connectivity index (χ0v) is 17.9. The van der Waals surface area contributed by atoms with Crippen molar-refractivity contribution in [1.82, 2.24) is 9.21 Å². The third kappa shape index (κ3) is 4.66. The minimum absolute atomic E-state index is 0.169. The first-order chi connectivity index (χ1) is 13.9. The van der Waals surface area contributed by atoms with Gasteiger partial charge in [0.25, 0.3) is 5.91 Å². The first-order valence-electron chi connectivity index (χ1n) is 9.22. The van der Waals surface area contributed by atoms with Crippen molar-refractivity contribution in [3.63, 3.8) is 0 Å². The van der Waals surface area contributed by atoms with Gasteiger partial charge in [-0.1, -0.05) is 11.6 Å². The summed E-state index contributed by atoms with van der Waals surface area (Å²) in [5, 5.41) is 0.477. The van der Waals surface area contributed by atoms with E-state index in [1.54, 1.807) is 42.3 Å². The Kier molecular flexibility index (Phi) is 6.66. The molecule has 0 unspecified atom stereocenters. The van der Waals surface area contributed by atoms with Crippen LogP contribution in [0.4, 0.5) is 0 Å². The van der Waals surface area contributed by atoms with E-state index >= 15 is 0 Å². The highest BCUT2D eigenvalue weighted by atomic mass is 35.5. The van der Waals surface area contributed by atoms with Crippen LogP contribution in [-0.4, -0.2) is 63.4 Å². The lowest BCUT2D eigenvalue weighted by atomic mass is 10.1. The molecule has 0 N–H and O–H groups in total. The fourth-order valence-corrected chi connectivity index (χ4v) is 4.70. The minimum Gasteiger partial charge on any atom is -0.493 e. The molecule has 1 saturated heterocycles. The van der Waals surface area contributed by atoms with Gasteiger partial charge in [0, 0.05) is 36.8 Å². The maximum Gasteiger partial charge on any atom is 0.254 e. The fraction of sp³-hybridized carbons (Fsp3) is 0.350. The van der Waals surface area contributed by atoms with Crippen LogP contribution in [0.25, 0.3) is 0 Å². The zero-order chi connectivity index (χ0) is 21.0. The average Bonchev–Trinajstić information content (AvgIpc) is 2.74. The van der Waals surface area contributed by atoms with Gasteiger partial charge >= 0.3 is 0 Å². The molecule has 2 aromatic carbocycles. The Morgan fingerprint density at radius 1 is 1.03 bits per heavy atom. The number of piperazine rings is 1. The standard InChI is InChI=1S/C20H23ClN2O5S/c1-3-28-19-14-15(4-9-18(19)27-2)20(24)22-10-12-23(13-11-22)29(25,26)17-7-5-16(21)6-8-17/h4-9,14H,3,10-13H2,1-2H3. The van der Waals surface area contributed by atoms with Crippen LogP contribution in [0.5, 0.6) is 11.5 Å². The second-order valence-corrected chi connectivity index (χ2v) is 8.82. The Morgan fingerprint density at radius 3 is 2.28 bits per heavy atom. The molecule has 0 aliphatic carbocycles. The number of halogens is 1. The maximum absolute atomic E-state index is 12.9. The number of benzene rings is 2. The summed E-state index contributed by atoms with van der Waals surface area (Å²) in [5.41, 5.74) is 0.475. The van der Waals surface area contributed by atoms with Crippen molar-refractivity contribution in [2.45, 2.75) is 11.8 Å². The van der Waals surface area contributed by atoms with Crippen molar-refractivity contribution in [2.24, 2.45) is 0 Å². The molecule has 3 rings (SSSR count). The van der Waals surface area contributed by atoms with Gasteiger partial charge in [0.1, 0.15) is 0 Å². The van der Waals surface area contributed by atoms with E-state index in [4.69, 9.17) is 21.1 Å². The van der Waals surface area contributed by atoms with Gasteiger partial charge in [-0.15, -0.1) is 0 Å². The normalized spacial score (nSPS) is 15.2. The summed E-state index contributed by atoms with van der Waals surface area (Å²) >= 11 is 5.84. The highest BCUT2D eigenvalue weighted by Crippen LogP contribution is 2.29. The lowest BCUT2D eigenvalue weighted by Crippen LogP contribution is -2.50. The second kappa shape index (κ2) is 9.02. The molecule has 0 atom stereocenters. The molecule has 1 amide bonds. The van der Waals surface area contributed by atoms with Crippen LogP contribution in [0.2, 0.25) is 5.02 Å². The molecule has 2 aromatic rings. The molecule has 7 nitrogen and oxygen atoms in total. The maximum atomic E-state index is 12.9. The Morgan fingerprint density at radius 2 is 1.69 bits per heavy atom. The lowest BCUT2D eigenvalue weighted by molar-refractivity contribution is 0.0697. The fourth-order valence-electron chi connectivity index (χ4n) is 3.15. The van der Waals surface area contributed by atoms with Gasteiger partial charge < -0.3 is 14.4 Å². The van der Waals surface area contributed by atoms with Crippen molar-refractivity contribution in [2.75, 3.05) is 39.9 Å². The van der Waals surface area contributed by atoms with E-state index in [9.17, 15) is 13.2 Å². The number of hydrogen-bond donors (Lipinski definition) is 0. The van der Waals surface area contributed by atoms with Crippen LogP contribution in [0.3, 0.4) is 0 Å². The first kappa shape index (κ1) is 21.4. The van der Waals surface area contributed by atoms with E-state index in [0.717, 1.165) is 0 Å². The summed E-state index contributed by atoms with van der Waals surface area (Å²) in [5.74, 6) is 0.893. The second-order valence-electron chi connectivity index (χ2n) is 6.45. The van der Waals surface area contributed by atoms with Crippen molar-refractivity contribution in [1.29, 1.82) is 0 Å². The Bertz CT molecular complexity index is 971. The summed E-state index contributed by atoms with van der Waals surface area (Å²) in [6.07, 6.45) is 0. The van der Waals surface area contributed by atoms with Crippen molar-refractivity contribution in [3.05, 3.63) is 53.1 Å². The van der Waals surface area contributed by atoms with Crippen LogP contribution in [-0.2, 0) is 10.0 Å². The van der Waals surface area contributed by atoms with Crippen molar-refractivity contribution in [3.8, 4) is 11.5 Å². The van der Waals surface area contributed by atoms with Crippen LogP contribution in [0.1, 0.15) is 17.3 Å². The SMILES string of the molecule is CCOc1cc(C(=O)N2CCN(S(=O)(=O)c3ccc(Cl)cc3)CC2)ccc1OC. The van der Waals surface area contributed by atoms with Gasteiger partial charge in [-0.25, -0.2) is 8.42 Å². The predicted molar refractivity (Wildman–Crippen MR) is 110 cm³/mol. The molecule has 156 valence electrons. The summed E-state index contributed by atoms with van der Waals surface area (Å²) in [6, 6.07) is 11.1. The van der Waals surface area contributed by atoms with Crippen LogP contribution in [0, 0.1) is 0 Å². The highest BCUT2D eigenvalue weighted by Gasteiger charge is 2.30. The largest absolute Gasteiger partial charge is 0.493 e. The van der Waals surface area contributed by atoms with Crippen LogP contribution < -0.4 is 9.47 Å². The topological polar surface area (TPSA) is 76.2 Å². The molecule has 0 saturated carbocycles. The molecule has 29 heavy (non-hydrogen) atoms. The molecule has 9 heteroatoms. The minimum atomic E-state index is -3.62. The molecule has 0 aromatic heterocycles. The van der Waals surface area contributed by atoms with Gasteiger partial charge in [0.05, 0.1) is 18.6 Å². The Balaban J connectivity index is 1.69. The lowest BCUT2D eigenvalue weighted by Gasteiger charge is -2.34. The number of ether oxygens (including phenoxy) is 2. The van der Waals surface area contributed by atoms with Gasteiger partial charge in [-0.2, -0.15) is 4.31 Å². The van der Waals surface area contributed by atoms with E-state index in [0.29, 0.717) is 41.8 Å². The van der Waals surface area contributed by atoms with Crippen LogP contribution >= 0.6 is 11.6 Å². The van der Waals surface area contributed by atoms with E-state index < -0.39 is 10.0 Å². The Hall–Kier alpha value is -2.29. The molecule has 1 aliphatic rings. The number of nitrogens with zero attached hydrogens (tertiary/aromatic N) is 2. The number of methoxy groups -OCH3 is 1. The van der Waals surface area contributed by atoms with E-state index in [1.807, 2.05) is 6.92 Å². The summed E-state index contributed by atoms with van der Waals surface area (Å²) in [7, 11) is -2.07. The number of carbonyl (C=O) groups is 1. The number of rotatable bonds is 6. The summed E-state index contributed by atoms with van der Waals surface area (Å²) in [4.78, 5) is 14.7. The molecule has 0 bridgehead atoms. The van der Waals surface area contributed by atoms with E-state index in [1.165, 1.54) is 16.4 Å². The van der Waals surface area contributed by atoms with Gasteiger partial charge in [0.2, 0.25) is 10.0 Å². The number of sulfonamides is 1. The third-order valence-electron chi connectivity index (χ3n) is 4.69. The van der Waals surface area contributed by atoms with E-state index in [2.05, 4.69) is 0 Å². The number of amides is 1. The first-order valence-corrected chi connectivity index (χ1v) is 11.0. The van der Waals surface area contributed by atoms with Crippen LogP contribution in [0.15, 0.2) is 47.4 Å². The molecule has 0 radical (unpaired) electrons. The molecular weight excluding hydrogens is 416 g/mol. The number of hydrogen-bond acceptors (Lipinski definition) is 5. The zero-order valence-electron chi connectivity index (χ0n) is 16.3. The predicted octanol–water partition coefficient (Wildman–Crippen LogP) is 2.89. The monoisotopic (exact) mass is 438 g/mol. The molecule has 1 fully saturated rings. The van der Waals surface area contributed by atoms with Crippen molar-refractivity contribution >= 4 is 27.5 Å². The van der Waals surface area contributed by atoms with E-state index in [-0.39, 0.29) is 23.9 Å². The number of carbonyl (C=O) groups excluding carboxylic acids is 1. The smallest absolute Gasteiger partial charge is 0.254 e. The quantitative estimate of drug-likeness (QED) is 0.693. The summed E-state index contributed by atoms with van der Waals surface area (Å²) in [6.45, 7) is 3.38. The summed E-state index contributed by atoms with van der Waals surface area (Å²) < 4.78 is 37.7. The molecule has 1 aliphatic heterocycles. The Labute approximate surface area is 175 Å². The van der Waals surface area contributed by atoms with Gasteiger partial charge in [0.15, 0.2) is 11.5 Å². The molecule has 1 heterocycles. The highest BCUT2D eigenvalue weighted by molar-refractivity contribution is 7.89. The molecule has 0 spiro atoms. The molecular formula is C20H23ClN2O5S. The third-order valence-corrected chi connectivity index (χ3v) is 6.85. The van der Waals surface area contributed by atoms with Crippen molar-refractivity contribution < 1.29 is 22.7 Å². The average molecular weight is 439 g/mol.